The molecule has 2 aliphatic rings. The molecule has 0 aliphatic carbocycles. The van der Waals surface area contributed by atoms with Crippen LogP contribution in [0, 0.1) is 6.92 Å². The summed E-state index contributed by atoms with van der Waals surface area (Å²) in [4.78, 5) is 13.9. The molecular weight excluding hydrogens is 198 g/mol. The largest absolute Gasteiger partial charge is 0.335 e. The van der Waals surface area contributed by atoms with Crippen molar-refractivity contribution in [2.75, 3.05) is 6.54 Å². The fourth-order valence-electron chi connectivity index (χ4n) is 3.04. The van der Waals surface area contributed by atoms with E-state index in [1.54, 1.807) is 0 Å². The monoisotopic (exact) mass is 215 g/mol. The maximum Gasteiger partial charge on any atom is 0.223 e. The molecule has 1 unspecified atom stereocenters. The highest BCUT2D eigenvalue weighted by Gasteiger charge is 2.33. The van der Waals surface area contributed by atoms with Crippen molar-refractivity contribution in [2.45, 2.75) is 38.6 Å². The Morgan fingerprint density at radius 3 is 3.06 bits per heavy atom. The number of hydrogen-bond donors (Lipinski definition) is 0. The van der Waals surface area contributed by atoms with Gasteiger partial charge in [-0.2, -0.15) is 0 Å². The first-order valence-corrected chi connectivity index (χ1v) is 6.14. The molecule has 0 bridgehead atoms. The molecule has 16 heavy (non-hydrogen) atoms. The SMILES string of the molecule is Cc1ccc2c(c1)CCN1C(=O)CCCC21. The van der Waals surface area contributed by atoms with Crippen LogP contribution in [0.1, 0.15) is 42.0 Å². The van der Waals surface area contributed by atoms with E-state index in [9.17, 15) is 4.79 Å². The van der Waals surface area contributed by atoms with Crippen molar-refractivity contribution >= 4 is 5.91 Å². The second-order valence-corrected chi connectivity index (χ2v) is 4.95. The van der Waals surface area contributed by atoms with Crippen LogP contribution in [0.3, 0.4) is 0 Å². The van der Waals surface area contributed by atoms with Gasteiger partial charge in [0.25, 0.3) is 0 Å². The first-order chi connectivity index (χ1) is 7.75. The van der Waals surface area contributed by atoms with Crippen molar-refractivity contribution in [2.24, 2.45) is 0 Å². The van der Waals surface area contributed by atoms with Crippen LogP contribution >= 0.6 is 0 Å². The number of carbonyl (C=O) groups is 1. The lowest BCUT2D eigenvalue weighted by Gasteiger charge is -2.40. The fraction of sp³-hybridized carbons (Fsp3) is 0.500. The van der Waals surface area contributed by atoms with E-state index in [2.05, 4.69) is 30.0 Å². The number of hydrogen-bond acceptors (Lipinski definition) is 1. The third kappa shape index (κ3) is 1.44. The van der Waals surface area contributed by atoms with Crippen molar-refractivity contribution in [3.8, 4) is 0 Å². The van der Waals surface area contributed by atoms with E-state index >= 15 is 0 Å². The van der Waals surface area contributed by atoms with E-state index in [0.29, 0.717) is 11.9 Å². The molecule has 3 rings (SSSR count). The van der Waals surface area contributed by atoms with E-state index in [4.69, 9.17) is 0 Å². The molecule has 1 aromatic carbocycles. The zero-order valence-corrected chi connectivity index (χ0v) is 9.70. The van der Waals surface area contributed by atoms with Gasteiger partial charge in [0.05, 0.1) is 6.04 Å². The molecule has 0 saturated carbocycles. The summed E-state index contributed by atoms with van der Waals surface area (Å²) in [7, 11) is 0. The summed E-state index contributed by atoms with van der Waals surface area (Å²) in [5, 5.41) is 0. The maximum atomic E-state index is 11.8. The van der Waals surface area contributed by atoms with E-state index in [-0.39, 0.29) is 0 Å². The van der Waals surface area contributed by atoms with Crippen molar-refractivity contribution in [3.05, 3.63) is 34.9 Å². The Balaban J connectivity index is 2.02. The summed E-state index contributed by atoms with van der Waals surface area (Å²) in [6.45, 7) is 3.05. The number of aryl methyl sites for hydroxylation is 1. The molecule has 2 aliphatic heterocycles. The number of benzene rings is 1. The Bertz CT molecular complexity index is 438. The lowest BCUT2D eigenvalue weighted by Crippen LogP contribution is -2.42. The zero-order chi connectivity index (χ0) is 11.1. The first-order valence-electron chi connectivity index (χ1n) is 6.14. The minimum Gasteiger partial charge on any atom is -0.335 e. The van der Waals surface area contributed by atoms with Gasteiger partial charge in [0.1, 0.15) is 0 Å². The van der Waals surface area contributed by atoms with Gasteiger partial charge in [-0.1, -0.05) is 23.8 Å². The summed E-state index contributed by atoms with van der Waals surface area (Å²) in [6, 6.07) is 7.04. The molecule has 1 aromatic rings. The molecule has 2 heteroatoms. The molecule has 1 atom stereocenters. The highest BCUT2D eigenvalue weighted by atomic mass is 16.2. The molecule has 0 N–H and O–H groups in total. The normalized spacial score (nSPS) is 23.9. The third-order valence-corrected chi connectivity index (χ3v) is 3.84. The lowest BCUT2D eigenvalue weighted by atomic mass is 9.86. The topological polar surface area (TPSA) is 20.3 Å². The summed E-state index contributed by atoms with van der Waals surface area (Å²) < 4.78 is 0. The average Bonchev–Trinajstić information content (AvgIpc) is 2.28. The van der Waals surface area contributed by atoms with Gasteiger partial charge in [-0.3, -0.25) is 4.79 Å². The highest BCUT2D eigenvalue weighted by Crippen LogP contribution is 2.37. The maximum absolute atomic E-state index is 11.8. The Hall–Kier alpha value is -1.31. The van der Waals surface area contributed by atoms with Crippen LogP contribution in [0.15, 0.2) is 18.2 Å². The van der Waals surface area contributed by atoms with Gasteiger partial charge in [0.15, 0.2) is 0 Å². The molecular formula is C14H17NO. The quantitative estimate of drug-likeness (QED) is 0.651. The Labute approximate surface area is 96.3 Å². The van der Waals surface area contributed by atoms with E-state index in [1.807, 2.05) is 0 Å². The predicted molar refractivity (Wildman–Crippen MR) is 63.2 cm³/mol. The minimum absolute atomic E-state index is 0.350. The van der Waals surface area contributed by atoms with Crippen LogP contribution in [0.2, 0.25) is 0 Å². The molecule has 2 heterocycles. The average molecular weight is 215 g/mol. The minimum atomic E-state index is 0.350. The molecule has 0 radical (unpaired) electrons. The Morgan fingerprint density at radius 1 is 1.31 bits per heavy atom. The van der Waals surface area contributed by atoms with E-state index < -0.39 is 0 Å². The second kappa shape index (κ2) is 3.62. The van der Waals surface area contributed by atoms with Crippen molar-refractivity contribution < 1.29 is 4.79 Å². The molecule has 0 aromatic heterocycles. The first kappa shape index (κ1) is 9.88. The standard InChI is InChI=1S/C14H17NO/c1-10-5-6-12-11(9-10)7-8-15-13(12)3-2-4-14(15)16/h5-6,9,13H,2-4,7-8H2,1H3. The van der Waals surface area contributed by atoms with E-state index in [0.717, 1.165) is 32.2 Å². The van der Waals surface area contributed by atoms with Gasteiger partial charge in [0.2, 0.25) is 5.91 Å². The van der Waals surface area contributed by atoms with Crippen LogP contribution in [-0.4, -0.2) is 17.4 Å². The smallest absolute Gasteiger partial charge is 0.223 e. The highest BCUT2D eigenvalue weighted by molar-refractivity contribution is 5.78. The van der Waals surface area contributed by atoms with Crippen molar-refractivity contribution in [1.29, 1.82) is 0 Å². The number of amides is 1. The van der Waals surface area contributed by atoms with Crippen LogP contribution in [0.5, 0.6) is 0 Å². The predicted octanol–water partition coefficient (Wildman–Crippen LogP) is 2.60. The second-order valence-electron chi connectivity index (χ2n) is 4.95. The molecule has 0 spiro atoms. The van der Waals surface area contributed by atoms with Crippen LogP contribution in [-0.2, 0) is 11.2 Å². The van der Waals surface area contributed by atoms with Crippen LogP contribution in [0.4, 0.5) is 0 Å². The lowest BCUT2D eigenvalue weighted by molar-refractivity contribution is -0.137. The van der Waals surface area contributed by atoms with Crippen molar-refractivity contribution in [1.82, 2.24) is 4.90 Å². The fourth-order valence-corrected chi connectivity index (χ4v) is 3.04. The number of piperidine rings is 1. The van der Waals surface area contributed by atoms with Gasteiger partial charge in [-0.25, -0.2) is 0 Å². The van der Waals surface area contributed by atoms with Crippen molar-refractivity contribution in [3.63, 3.8) is 0 Å². The zero-order valence-electron chi connectivity index (χ0n) is 9.70. The summed E-state index contributed by atoms with van der Waals surface area (Å²) in [5.41, 5.74) is 4.18. The summed E-state index contributed by atoms with van der Waals surface area (Å²) in [6.07, 6.45) is 3.96. The van der Waals surface area contributed by atoms with Crippen LogP contribution in [0.25, 0.3) is 0 Å². The summed E-state index contributed by atoms with van der Waals surface area (Å²) in [5.74, 6) is 0.350. The van der Waals surface area contributed by atoms with Gasteiger partial charge < -0.3 is 4.90 Å². The van der Waals surface area contributed by atoms with Gasteiger partial charge in [0, 0.05) is 13.0 Å². The molecule has 1 saturated heterocycles. The van der Waals surface area contributed by atoms with Gasteiger partial charge in [-0.15, -0.1) is 0 Å². The summed E-state index contributed by atoms with van der Waals surface area (Å²) >= 11 is 0. The molecule has 84 valence electrons. The molecule has 1 amide bonds. The Kier molecular flexibility index (Phi) is 2.23. The van der Waals surface area contributed by atoms with E-state index in [1.165, 1.54) is 16.7 Å². The molecule has 2 nitrogen and oxygen atoms in total. The Morgan fingerprint density at radius 2 is 2.19 bits per heavy atom. The van der Waals surface area contributed by atoms with Crippen LogP contribution < -0.4 is 0 Å². The van der Waals surface area contributed by atoms with Gasteiger partial charge >= 0.3 is 0 Å². The molecule has 1 fully saturated rings. The number of nitrogens with zero attached hydrogens (tertiary/aromatic N) is 1. The van der Waals surface area contributed by atoms with Gasteiger partial charge in [-0.05, 0) is 37.3 Å². The number of carbonyl (C=O) groups excluding carboxylic acids is 1. The number of rotatable bonds is 0. The third-order valence-electron chi connectivity index (χ3n) is 3.84. The number of fused-ring (bicyclic) bond motifs is 3.